The number of carbonyl (C=O) groups excluding carboxylic acids is 1. The average molecular weight is 366 g/mol. The van der Waals surface area contributed by atoms with Crippen LogP contribution in [0.2, 0.25) is 0 Å². The Bertz CT molecular complexity index is 770. The van der Waals surface area contributed by atoms with E-state index in [1.54, 1.807) is 11.6 Å². The number of hydrogen-bond acceptors (Lipinski definition) is 6. The number of nitrogens with zero attached hydrogens (tertiary/aromatic N) is 3. The van der Waals surface area contributed by atoms with E-state index < -0.39 is 10.0 Å². The number of aromatic nitrogens is 2. The molecule has 0 aromatic carbocycles. The monoisotopic (exact) mass is 366 g/mol. The number of piperidine rings is 1. The van der Waals surface area contributed by atoms with Crippen molar-refractivity contribution in [1.29, 1.82) is 0 Å². The quantitative estimate of drug-likeness (QED) is 0.860. The third kappa shape index (κ3) is 3.80. The van der Waals surface area contributed by atoms with Crippen molar-refractivity contribution in [2.45, 2.75) is 24.3 Å². The minimum Gasteiger partial charge on any atom is -0.350 e. The van der Waals surface area contributed by atoms with E-state index in [0.29, 0.717) is 32.5 Å². The van der Waals surface area contributed by atoms with Gasteiger partial charge in [-0.05, 0) is 25.0 Å². The van der Waals surface area contributed by atoms with Gasteiger partial charge < -0.3 is 5.32 Å². The van der Waals surface area contributed by atoms with Crippen molar-refractivity contribution in [3.8, 4) is 0 Å². The van der Waals surface area contributed by atoms with Crippen molar-refractivity contribution in [3.05, 3.63) is 41.1 Å². The molecule has 1 N–H and O–H groups in total. The number of pyridine rings is 1. The molecule has 2 aromatic heterocycles. The van der Waals surface area contributed by atoms with Crippen molar-refractivity contribution >= 4 is 27.3 Å². The Morgan fingerprint density at radius 1 is 1.38 bits per heavy atom. The molecule has 0 aliphatic carbocycles. The summed E-state index contributed by atoms with van der Waals surface area (Å²) in [5.41, 5.74) is 2.56. The number of sulfonamides is 1. The summed E-state index contributed by atoms with van der Waals surface area (Å²) in [6, 6.07) is 3.14. The van der Waals surface area contributed by atoms with Crippen LogP contribution < -0.4 is 5.32 Å². The molecule has 128 valence electrons. The highest BCUT2D eigenvalue weighted by molar-refractivity contribution is 7.89. The SMILES string of the molecule is O=C(NCc1cscn1)C1CCN(S(=O)(=O)c2cccnc2)CC1. The van der Waals surface area contributed by atoms with Gasteiger partial charge in [-0.1, -0.05) is 0 Å². The topological polar surface area (TPSA) is 92.3 Å². The van der Waals surface area contributed by atoms with Gasteiger partial charge in [0.05, 0.1) is 17.7 Å². The van der Waals surface area contributed by atoms with Crippen molar-refractivity contribution in [2.75, 3.05) is 13.1 Å². The molecule has 3 heterocycles. The number of nitrogens with one attached hydrogen (secondary N) is 1. The van der Waals surface area contributed by atoms with Crippen molar-refractivity contribution < 1.29 is 13.2 Å². The van der Waals surface area contributed by atoms with Crippen LogP contribution in [0.15, 0.2) is 40.3 Å². The van der Waals surface area contributed by atoms with Gasteiger partial charge in [-0.3, -0.25) is 9.78 Å². The Hall–Kier alpha value is -1.84. The predicted molar refractivity (Wildman–Crippen MR) is 89.7 cm³/mol. The molecule has 1 aliphatic heterocycles. The molecular formula is C15H18N4O3S2. The lowest BCUT2D eigenvalue weighted by atomic mass is 9.97. The summed E-state index contributed by atoms with van der Waals surface area (Å²) in [5, 5.41) is 4.76. The molecule has 0 radical (unpaired) electrons. The van der Waals surface area contributed by atoms with Crippen LogP contribution in [0.25, 0.3) is 0 Å². The van der Waals surface area contributed by atoms with Crippen LogP contribution in [0.5, 0.6) is 0 Å². The van der Waals surface area contributed by atoms with E-state index in [1.165, 1.54) is 34.1 Å². The lowest BCUT2D eigenvalue weighted by Gasteiger charge is -2.30. The zero-order valence-electron chi connectivity index (χ0n) is 13.0. The summed E-state index contributed by atoms with van der Waals surface area (Å²) in [7, 11) is -3.53. The first-order valence-corrected chi connectivity index (χ1v) is 10.0. The van der Waals surface area contributed by atoms with Crippen molar-refractivity contribution in [1.82, 2.24) is 19.6 Å². The van der Waals surface area contributed by atoms with Gasteiger partial charge in [0.25, 0.3) is 0 Å². The highest BCUT2D eigenvalue weighted by Gasteiger charge is 2.32. The highest BCUT2D eigenvalue weighted by Crippen LogP contribution is 2.23. The van der Waals surface area contributed by atoms with Gasteiger partial charge in [-0.15, -0.1) is 11.3 Å². The zero-order chi connectivity index (χ0) is 17.0. The van der Waals surface area contributed by atoms with E-state index in [4.69, 9.17) is 0 Å². The van der Waals surface area contributed by atoms with E-state index in [2.05, 4.69) is 15.3 Å². The molecule has 1 fully saturated rings. The summed E-state index contributed by atoms with van der Waals surface area (Å²) in [6.45, 7) is 1.09. The first-order valence-electron chi connectivity index (χ1n) is 7.62. The van der Waals surface area contributed by atoms with E-state index in [-0.39, 0.29) is 16.7 Å². The van der Waals surface area contributed by atoms with Gasteiger partial charge in [-0.25, -0.2) is 13.4 Å². The van der Waals surface area contributed by atoms with Crippen LogP contribution in [0, 0.1) is 5.92 Å². The smallest absolute Gasteiger partial charge is 0.244 e. The van der Waals surface area contributed by atoms with Gasteiger partial charge in [0.15, 0.2) is 0 Å². The molecule has 0 atom stereocenters. The third-order valence-electron chi connectivity index (χ3n) is 4.02. The number of amides is 1. The fourth-order valence-corrected chi connectivity index (χ4v) is 4.65. The van der Waals surface area contributed by atoms with Crippen LogP contribution in [-0.4, -0.2) is 41.7 Å². The van der Waals surface area contributed by atoms with Gasteiger partial charge in [0.1, 0.15) is 4.90 Å². The number of thiazole rings is 1. The molecule has 1 amide bonds. The molecule has 0 bridgehead atoms. The van der Waals surface area contributed by atoms with E-state index in [0.717, 1.165) is 5.69 Å². The molecule has 1 saturated heterocycles. The largest absolute Gasteiger partial charge is 0.350 e. The lowest BCUT2D eigenvalue weighted by molar-refractivity contribution is -0.126. The molecule has 9 heteroatoms. The van der Waals surface area contributed by atoms with Crippen LogP contribution in [0.3, 0.4) is 0 Å². The van der Waals surface area contributed by atoms with Crippen LogP contribution in [0.4, 0.5) is 0 Å². The maximum Gasteiger partial charge on any atom is 0.244 e. The van der Waals surface area contributed by atoms with Crippen molar-refractivity contribution in [3.63, 3.8) is 0 Å². The molecule has 7 nitrogen and oxygen atoms in total. The minimum absolute atomic E-state index is 0.0403. The van der Waals surface area contributed by atoms with Gasteiger partial charge in [-0.2, -0.15) is 4.31 Å². The summed E-state index contributed by atoms with van der Waals surface area (Å²) in [6.07, 6.45) is 3.92. The van der Waals surface area contributed by atoms with Crippen LogP contribution in [0.1, 0.15) is 18.5 Å². The molecule has 0 spiro atoms. The minimum atomic E-state index is -3.53. The Morgan fingerprint density at radius 3 is 2.79 bits per heavy atom. The van der Waals surface area contributed by atoms with Gasteiger partial charge in [0, 0.05) is 36.8 Å². The molecule has 0 saturated carbocycles. The number of rotatable bonds is 5. The normalized spacial score (nSPS) is 16.8. The second kappa shape index (κ2) is 7.37. The third-order valence-corrected chi connectivity index (χ3v) is 6.54. The fourth-order valence-electron chi connectivity index (χ4n) is 2.65. The fraction of sp³-hybridized carbons (Fsp3) is 0.400. The Balaban J connectivity index is 1.54. The first kappa shape index (κ1) is 17.0. The van der Waals surface area contributed by atoms with Gasteiger partial charge in [0.2, 0.25) is 15.9 Å². The van der Waals surface area contributed by atoms with E-state index in [9.17, 15) is 13.2 Å². The zero-order valence-corrected chi connectivity index (χ0v) is 14.6. The molecule has 1 aliphatic rings. The lowest BCUT2D eigenvalue weighted by Crippen LogP contribution is -2.42. The Morgan fingerprint density at radius 2 is 2.17 bits per heavy atom. The summed E-state index contributed by atoms with van der Waals surface area (Å²) in [5.74, 6) is -0.203. The number of carbonyl (C=O) groups is 1. The van der Waals surface area contributed by atoms with E-state index >= 15 is 0 Å². The second-order valence-electron chi connectivity index (χ2n) is 5.56. The maximum absolute atomic E-state index is 12.5. The molecule has 2 aromatic rings. The molecular weight excluding hydrogens is 348 g/mol. The molecule has 0 unspecified atom stereocenters. The van der Waals surface area contributed by atoms with Crippen molar-refractivity contribution in [2.24, 2.45) is 5.92 Å². The summed E-state index contributed by atoms with van der Waals surface area (Å²) in [4.78, 5) is 20.4. The summed E-state index contributed by atoms with van der Waals surface area (Å²) >= 11 is 1.49. The Labute approximate surface area is 144 Å². The predicted octanol–water partition coefficient (Wildman–Crippen LogP) is 1.26. The molecule has 24 heavy (non-hydrogen) atoms. The summed E-state index contributed by atoms with van der Waals surface area (Å²) < 4.78 is 26.5. The van der Waals surface area contributed by atoms with Crippen LogP contribution >= 0.6 is 11.3 Å². The standard InChI is InChI=1S/C15H18N4O3S2/c20-15(17-8-13-10-23-11-18-13)12-3-6-19(7-4-12)24(21,22)14-2-1-5-16-9-14/h1-2,5,9-12H,3-4,6-8H2,(H,17,20). The number of hydrogen-bond donors (Lipinski definition) is 1. The van der Waals surface area contributed by atoms with Crippen LogP contribution in [-0.2, 0) is 21.4 Å². The Kier molecular flexibility index (Phi) is 5.22. The average Bonchev–Trinajstić information content (AvgIpc) is 3.14. The molecule has 3 rings (SSSR count). The van der Waals surface area contributed by atoms with Gasteiger partial charge >= 0.3 is 0 Å². The highest BCUT2D eigenvalue weighted by atomic mass is 32.2. The first-order chi connectivity index (χ1) is 11.6. The van der Waals surface area contributed by atoms with E-state index in [1.807, 2.05) is 5.38 Å². The second-order valence-corrected chi connectivity index (χ2v) is 8.22. The maximum atomic E-state index is 12.5.